The Morgan fingerprint density at radius 2 is 1.83 bits per heavy atom. The first kappa shape index (κ1) is 16.0. The van der Waals surface area contributed by atoms with E-state index in [1.54, 1.807) is 12.1 Å². The summed E-state index contributed by atoms with van der Waals surface area (Å²) in [5.41, 5.74) is 1.44. The number of hydrogen-bond donors (Lipinski definition) is 1. The number of esters is 1. The van der Waals surface area contributed by atoms with Gasteiger partial charge in [0.05, 0.1) is 24.4 Å². The predicted octanol–water partition coefficient (Wildman–Crippen LogP) is 2.67. The van der Waals surface area contributed by atoms with Crippen LogP contribution in [-0.4, -0.2) is 35.9 Å². The van der Waals surface area contributed by atoms with Crippen LogP contribution in [0.2, 0.25) is 0 Å². The van der Waals surface area contributed by atoms with Gasteiger partial charge in [-0.2, -0.15) is 0 Å². The van der Waals surface area contributed by atoms with E-state index >= 15 is 0 Å². The van der Waals surface area contributed by atoms with Gasteiger partial charge in [0.1, 0.15) is 0 Å². The fourth-order valence-corrected chi connectivity index (χ4v) is 3.86. The van der Waals surface area contributed by atoms with Crippen LogP contribution in [0.3, 0.4) is 0 Å². The molecule has 124 valence electrons. The Morgan fingerprint density at radius 1 is 1.17 bits per heavy atom. The first-order chi connectivity index (χ1) is 11.0. The van der Waals surface area contributed by atoms with Crippen LogP contribution in [0.15, 0.2) is 24.3 Å². The summed E-state index contributed by atoms with van der Waals surface area (Å²) in [6, 6.07) is 7.04. The molecule has 0 amide bonds. The summed E-state index contributed by atoms with van der Waals surface area (Å²) in [7, 11) is 0. The van der Waals surface area contributed by atoms with E-state index in [2.05, 4.69) is 0 Å². The van der Waals surface area contributed by atoms with E-state index in [1.807, 2.05) is 12.1 Å². The van der Waals surface area contributed by atoms with Crippen LogP contribution in [0, 0.1) is 11.8 Å². The summed E-state index contributed by atoms with van der Waals surface area (Å²) < 4.78 is 11.2. The smallest absolute Gasteiger partial charge is 0.335 e. The van der Waals surface area contributed by atoms with E-state index in [0.29, 0.717) is 18.1 Å². The van der Waals surface area contributed by atoms with E-state index in [0.717, 1.165) is 31.2 Å². The normalized spacial score (nSPS) is 28.7. The molecule has 0 spiro atoms. The summed E-state index contributed by atoms with van der Waals surface area (Å²) in [4.78, 5) is 21.9. The van der Waals surface area contributed by atoms with Crippen molar-refractivity contribution in [1.29, 1.82) is 0 Å². The molecule has 0 aromatic heterocycles. The second-order valence-corrected chi connectivity index (χ2v) is 6.46. The molecule has 1 aromatic carbocycles. The Bertz CT molecular complexity index is 580. The largest absolute Gasteiger partial charge is 0.478 e. The van der Waals surface area contributed by atoms with Crippen molar-refractivity contribution in [2.75, 3.05) is 6.61 Å². The standard InChI is InChI=1S/C18H22O5/c1-11(19)22-10-15-14(16-8-9-17(15)23-16)7-4-12-2-5-13(6-3-12)18(20)21/h2-3,5-6,14-17H,4,7-10H2,1H3,(H,20,21). The number of carboxylic acid groups (broad SMARTS) is 1. The zero-order chi connectivity index (χ0) is 16.4. The van der Waals surface area contributed by atoms with Crippen LogP contribution in [0.4, 0.5) is 0 Å². The predicted molar refractivity (Wildman–Crippen MR) is 83.2 cm³/mol. The van der Waals surface area contributed by atoms with Crippen LogP contribution >= 0.6 is 0 Å². The zero-order valence-electron chi connectivity index (χ0n) is 13.2. The molecule has 0 radical (unpaired) electrons. The third-order valence-corrected chi connectivity index (χ3v) is 5.04. The van der Waals surface area contributed by atoms with Crippen LogP contribution in [0.1, 0.15) is 42.1 Å². The average molecular weight is 318 g/mol. The van der Waals surface area contributed by atoms with Crippen molar-refractivity contribution in [3.05, 3.63) is 35.4 Å². The number of carbonyl (C=O) groups excluding carboxylic acids is 1. The lowest BCUT2D eigenvalue weighted by molar-refractivity contribution is -0.143. The molecule has 2 aliphatic rings. The molecule has 0 saturated carbocycles. The molecule has 4 atom stereocenters. The Hall–Kier alpha value is -1.88. The quantitative estimate of drug-likeness (QED) is 0.816. The molecular weight excluding hydrogens is 296 g/mol. The number of carboxylic acids is 1. The van der Waals surface area contributed by atoms with Gasteiger partial charge in [-0.1, -0.05) is 12.1 Å². The molecule has 2 bridgehead atoms. The minimum atomic E-state index is -0.903. The van der Waals surface area contributed by atoms with Gasteiger partial charge in [0.15, 0.2) is 0 Å². The van der Waals surface area contributed by atoms with Gasteiger partial charge < -0.3 is 14.6 Å². The molecule has 2 fully saturated rings. The number of benzene rings is 1. The summed E-state index contributed by atoms with van der Waals surface area (Å²) in [5.74, 6) is -0.446. The van der Waals surface area contributed by atoms with Crippen molar-refractivity contribution in [1.82, 2.24) is 0 Å². The van der Waals surface area contributed by atoms with Gasteiger partial charge in [0.25, 0.3) is 0 Å². The van der Waals surface area contributed by atoms with Crippen LogP contribution in [-0.2, 0) is 20.7 Å². The van der Waals surface area contributed by atoms with E-state index < -0.39 is 5.97 Å². The van der Waals surface area contributed by atoms with Gasteiger partial charge in [-0.25, -0.2) is 4.79 Å². The Labute approximate surface area is 135 Å². The lowest BCUT2D eigenvalue weighted by atomic mass is 9.77. The lowest BCUT2D eigenvalue weighted by Gasteiger charge is -2.27. The summed E-state index contributed by atoms with van der Waals surface area (Å²) in [5, 5.41) is 8.93. The van der Waals surface area contributed by atoms with Gasteiger partial charge in [-0.15, -0.1) is 0 Å². The maximum absolute atomic E-state index is 11.1. The highest BCUT2D eigenvalue weighted by Gasteiger charge is 2.48. The zero-order valence-corrected chi connectivity index (χ0v) is 13.2. The molecular formula is C18H22O5. The van der Waals surface area contributed by atoms with Crippen LogP contribution < -0.4 is 0 Å². The molecule has 4 unspecified atom stereocenters. The summed E-state index contributed by atoms with van der Waals surface area (Å²) >= 11 is 0. The monoisotopic (exact) mass is 318 g/mol. The average Bonchev–Trinajstić information content (AvgIpc) is 3.12. The topological polar surface area (TPSA) is 72.8 Å². The molecule has 5 heteroatoms. The fourth-order valence-electron chi connectivity index (χ4n) is 3.86. The lowest BCUT2D eigenvalue weighted by Crippen LogP contribution is -2.31. The molecule has 3 rings (SSSR count). The highest BCUT2D eigenvalue weighted by atomic mass is 16.5. The first-order valence-electron chi connectivity index (χ1n) is 8.15. The first-order valence-corrected chi connectivity index (χ1v) is 8.15. The number of aryl methyl sites for hydroxylation is 1. The minimum Gasteiger partial charge on any atom is -0.478 e. The maximum Gasteiger partial charge on any atom is 0.335 e. The van der Waals surface area contributed by atoms with Crippen molar-refractivity contribution in [2.24, 2.45) is 11.8 Å². The molecule has 0 aliphatic carbocycles. The second kappa shape index (κ2) is 6.71. The molecule has 2 aliphatic heterocycles. The number of fused-ring (bicyclic) bond motifs is 2. The highest BCUT2D eigenvalue weighted by Crippen LogP contribution is 2.45. The fraction of sp³-hybridized carbons (Fsp3) is 0.556. The van der Waals surface area contributed by atoms with Gasteiger partial charge in [0.2, 0.25) is 0 Å². The molecule has 1 aromatic rings. The Kier molecular flexibility index (Phi) is 4.66. The maximum atomic E-state index is 11.1. The van der Waals surface area contributed by atoms with E-state index in [1.165, 1.54) is 6.92 Å². The van der Waals surface area contributed by atoms with Gasteiger partial charge in [-0.3, -0.25) is 4.79 Å². The van der Waals surface area contributed by atoms with Gasteiger partial charge >= 0.3 is 11.9 Å². The SMILES string of the molecule is CC(=O)OCC1C2CCC(O2)C1CCc1ccc(C(=O)O)cc1. The van der Waals surface area contributed by atoms with Crippen molar-refractivity contribution in [3.63, 3.8) is 0 Å². The van der Waals surface area contributed by atoms with Crippen molar-refractivity contribution >= 4 is 11.9 Å². The summed E-state index contributed by atoms with van der Waals surface area (Å²) in [6.45, 7) is 1.88. The minimum absolute atomic E-state index is 0.221. The Balaban J connectivity index is 1.59. The molecule has 2 heterocycles. The third kappa shape index (κ3) is 3.55. The van der Waals surface area contributed by atoms with E-state index in [9.17, 15) is 9.59 Å². The van der Waals surface area contributed by atoms with Crippen molar-refractivity contribution < 1.29 is 24.2 Å². The number of carbonyl (C=O) groups is 2. The molecule has 1 N–H and O–H groups in total. The number of aromatic carboxylic acids is 1. The van der Waals surface area contributed by atoms with Crippen molar-refractivity contribution in [2.45, 2.75) is 44.8 Å². The van der Waals surface area contributed by atoms with E-state index in [4.69, 9.17) is 14.6 Å². The van der Waals surface area contributed by atoms with Crippen LogP contribution in [0.25, 0.3) is 0 Å². The second-order valence-electron chi connectivity index (χ2n) is 6.46. The number of ether oxygens (including phenoxy) is 2. The molecule has 5 nitrogen and oxygen atoms in total. The third-order valence-electron chi connectivity index (χ3n) is 5.04. The van der Waals surface area contributed by atoms with Gasteiger partial charge in [-0.05, 0) is 49.3 Å². The van der Waals surface area contributed by atoms with E-state index in [-0.39, 0.29) is 24.1 Å². The molecule has 23 heavy (non-hydrogen) atoms. The van der Waals surface area contributed by atoms with Gasteiger partial charge in [0, 0.05) is 12.8 Å². The number of hydrogen-bond acceptors (Lipinski definition) is 4. The number of rotatable bonds is 6. The molecule has 2 saturated heterocycles. The van der Waals surface area contributed by atoms with Crippen LogP contribution in [0.5, 0.6) is 0 Å². The highest BCUT2D eigenvalue weighted by molar-refractivity contribution is 5.87. The van der Waals surface area contributed by atoms with Crippen molar-refractivity contribution in [3.8, 4) is 0 Å². The summed E-state index contributed by atoms with van der Waals surface area (Å²) in [6.07, 6.45) is 4.50. The Morgan fingerprint density at radius 3 is 2.43 bits per heavy atom.